The van der Waals surface area contributed by atoms with E-state index in [2.05, 4.69) is 20.9 Å². The molecular weight excluding hydrogens is 560 g/mol. The number of hydrogen-bond donors (Lipinski definition) is 4. The fourth-order valence-electron chi connectivity index (χ4n) is 4.02. The Bertz CT molecular complexity index is 1360. The molecule has 0 spiro atoms. The van der Waals surface area contributed by atoms with E-state index in [-0.39, 0.29) is 55.9 Å². The van der Waals surface area contributed by atoms with Crippen molar-refractivity contribution >= 4 is 46.2 Å². The van der Waals surface area contributed by atoms with Gasteiger partial charge in [-0.15, -0.1) is 0 Å². The van der Waals surface area contributed by atoms with Crippen molar-refractivity contribution in [2.24, 2.45) is 0 Å². The number of nitrogens with one attached hydrogen (secondary N) is 3. The third-order valence-electron chi connectivity index (χ3n) is 6.30. The molecule has 1 heterocycles. The summed E-state index contributed by atoms with van der Waals surface area (Å²) in [4.78, 5) is 42.8. The molecule has 0 aliphatic rings. The summed E-state index contributed by atoms with van der Waals surface area (Å²) in [7, 11) is 1.57. The molecule has 0 aliphatic carbocycles. The number of likely N-dealkylation sites (N-methyl/N-ethyl adjacent to an activating group) is 1. The average Bonchev–Trinajstić information content (AvgIpc) is 2.95. The van der Waals surface area contributed by atoms with Crippen molar-refractivity contribution in [1.82, 2.24) is 20.5 Å². The Hall–Kier alpha value is -4.03. The van der Waals surface area contributed by atoms with Crippen molar-refractivity contribution in [3.63, 3.8) is 0 Å². The van der Waals surface area contributed by atoms with E-state index in [0.29, 0.717) is 29.2 Å². The zero-order chi connectivity index (χ0) is 29.8. The van der Waals surface area contributed by atoms with Gasteiger partial charge in [0, 0.05) is 38.1 Å². The lowest BCUT2D eigenvalue weighted by molar-refractivity contribution is -0.132. The van der Waals surface area contributed by atoms with E-state index < -0.39 is 29.8 Å². The molecular formula is C28H32ClF2N5O5. The number of urea groups is 1. The summed E-state index contributed by atoms with van der Waals surface area (Å²) < 4.78 is 32.7. The zero-order valence-electron chi connectivity index (χ0n) is 22.5. The van der Waals surface area contributed by atoms with Gasteiger partial charge in [0.1, 0.15) is 24.1 Å². The van der Waals surface area contributed by atoms with Gasteiger partial charge in [-0.05, 0) is 60.5 Å². The van der Waals surface area contributed by atoms with Gasteiger partial charge in [0.05, 0.1) is 17.7 Å². The molecule has 0 saturated carbocycles. The lowest BCUT2D eigenvalue weighted by Crippen LogP contribution is -2.42. The number of halogens is 3. The number of nitrogens with zero attached hydrogens (tertiary/aromatic N) is 2. The highest BCUT2D eigenvalue weighted by Crippen LogP contribution is 2.22. The van der Waals surface area contributed by atoms with Crippen LogP contribution in [0.5, 0.6) is 0 Å². The number of pyridine rings is 1. The van der Waals surface area contributed by atoms with Crippen LogP contribution in [0.2, 0.25) is 5.02 Å². The Labute approximate surface area is 241 Å². The summed E-state index contributed by atoms with van der Waals surface area (Å²) in [5, 5.41) is 17.6. The first-order valence-corrected chi connectivity index (χ1v) is 13.4. The normalized spacial score (nSPS) is 11.5. The molecule has 220 valence electrons. The summed E-state index contributed by atoms with van der Waals surface area (Å²) in [6.07, 6.45) is 1.77. The minimum Gasteiger partial charge on any atom is -0.447 e. The molecule has 1 aromatic heterocycles. The van der Waals surface area contributed by atoms with Crippen LogP contribution in [0, 0.1) is 11.6 Å². The molecule has 41 heavy (non-hydrogen) atoms. The third-order valence-corrected chi connectivity index (χ3v) is 6.72. The Balaban J connectivity index is 1.59. The van der Waals surface area contributed by atoms with Gasteiger partial charge >= 0.3 is 12.1 Å². The highest BCUT2D eigenvalue weighted by atomic mass is 35.5. The maximum atomic E-state index is 13.8. The molecule has 3 rings (SSSR count). The molecule has 10 nitrogen and oxygen atoms in total. The lowest BCUT2D eigenvalue weighted by atomic mass is 10.1. The SMILES string of the molecule is CN(C(=O)CCc1cccc(F)c1Cl)[C@@H](CCCNC(=O)NCCO)COC(=O)Nc1cc2cc(F)ccc2cn1. The number of carbonyl (C=O) groups is 3. The van der Waals surface area contributed by atoms with Crippen molar-refractivity contribution in [3.05, 3.63) is 70.9 Å². The van der Waals surface area contributed by atoms with Gasteiger partial charge in [-0.25, -0.2) is 23.4 Å². The first-order chi connectivity index (χ1) is 19.7. The lowest BCUT2D eigenvalue weighted by Gasteiger charge is -2.28. The minimum absolute atomic E-state index is 0.0323. The second-order valence-corrected chi connectivity index (χ2v) is 9.58. The second kappa shape index (κ2) is 15.7. The summed E-state index contributed by atoms with van der Waals surface area (Å²) in [6.45, 7) is 0.0470. The number of fused-ring (bicyclic) bond motifs is 1. The van der Waals surface area contributed by atoms with Crippen LogP contribution in [-0.2, 0) is 16.0 Å². The Kier molecular flexibility index (Phi) is 12.0. The van der Waals surface area contributed by atoms with E-state index in [1.165, 1.54) is 41.4 Å². The number of benzene rings is 2. The molecule has 2 aromatic carbocycles. The predicted octanol–water partition coefficient (Wildman–Crippen LogP) is 4.25. The molecule has 4 amide bonds. The van der Waals surface area contributed by atoms with Gasteiger partial charge in [-0.3, -0.25) is 10.1 Å². The Morgan fingerprint density at radius 1 is 1.10 bits per heavy atom. The Morgan fingerprint density at radius 3 is 2.66 bits per heavy atom. The fourth-order valence-corrected chi connectivity index (χ4v) is 4.24. The number of aryl methyl sites for hydroxylation is 1. The van der Waals surface area contributed by atoms with Crippen LogP contribution in [0.25, 0.3) is 10.8 Å². The van der Waals surface area contributed by atoms with E-state index in [9.17, 15) is 23.2 Å². The minimum atomic E-state index is -0.813. The van der Waals surface area contributed by atoms with E-state index in [4.69, 9.17) is 21.4 Å². The van der Waals surface area contributed by atoms with Crippen molar-refractivity contribution in [2.75, 3.05) is 38.7 Å². The molecule has 13 heteroatoms. The number of rotatable bonds is 13. The van der Waals surface area contributed by atoms with Crippen LogP contribution < -0.4 is 16.0 Å². The molecule has 4 N–H and O–H groups in total. The number of ether oxygens (including phenoxy) is 1. The maximum Gasteiger partial charge on any atom is 0.412 e. The highest BCUT2D eigenvalue weighted by Gasteiger charge is 2.22. The molecule has 1 atom stereocenters. The van der Waals surface area contributed by atoms with Gasteiger partial charge in [-0.2, -0.15) is 0 Å². The second-order valence-electron chi connectivity index (χ2n) is 9.20. The van der Waals surface area contributed by atoms with Crippen molar-refractivity contribution in [3.8, 4) is 0 Å². The monoisotopic (exact) mass is 591 g/mol. The summed E-state index contributed by atoms with van der Waals surface area (Å²) in [6, 6.07) is 9.14. The molecule has 0 radical (unpaired) electrons. The average molecular weight is 592 g/mol. The summed E-state index contributed by atoms with van der Waals surface area (Å²) >= 11 is 6.01. The highest BCUT2D eigenvalue weighted by molar-refractivity contribution is 6.31. The van der Waals surface area contributed by atoms with Crippen LogP contribution in [-0.4, -0.2) is 72.4 Å². The predicted molar refractivity (Wildman–Crippen MR) is 151 cm³/mol. The van der Waals surface area contributed by atoms with Gasteiger partial charge in [0.15, 0.2) is 0 Å². The van der Waals surface area contributed by atoms with Gasteiger partial charge in [0.25, 0.3) is 0 Å². The number of carbonyl (C=O) groups excluding carboxylic acids is 3. The summed E-state index contributed by atoms with van der Waals surface area (Å²) in [5.41, 5.74) is 0.501. The third kappa shape index (κ3) is 9.83. The molecule has 0 fully saturated rings. The standard InChI is InChI=1S/C28H32ClF2N5O5/c1-36(25(38)10-8-18-4-2-6-23(31)26(18)29)22(5-3-11-32-27(39)33-12-13-37)17-41-28(40)35-24-15-20-14-21(30)9-7-19(20)16-34-24/h2,4,6-7,9,14-16,22,37H,3,5,8,10-13,17H2,1H3,(H2,32,33,39)(H,34,35,40)/t22-/m0/s1. The first-order valence-electron chi connectivity index (χ1n) is 13.0. The van der Waals surface area contributed by atoms with Crippen molar-refractivity contribution in [1.29, 1.82) is 0 Å². The smallest absolute Gasteiger partial charge is 0.412 e. The van der Waals surface area contributed by atoms with Crippen LogP contribution >= 0.6 is 11.6 Å². The first kappa shape index (κ1) is 31.5. The van der Waals surface area contributed by atoms with E-state index in [1.807, 2.05) is 0 Å². The topological polar surface area (TPSA) is 133 Å². The number of aliphatic hydroxyl groups excluding tert-OH is 1. The number of aromatic nitrogens is 1. The summed E-state index contributed by atoms with van der Waals surface area (Å²) in [5.74, 6) is -1.10. The number of amides is 4. The molecule has 0 unspecified atom stereocenters. The van der Waals surface area contributed by atoms with Gasteiger partial charge < -0.3 is 25.4 Å². The van der Waals surface area contributed by atoms with Gasteiger partial charge in [-0.1, -0.05) is 23.7 Å². The fraction of sp³-hybridized carbons (Fsp3) is 0.357. The van der Waals surface area contributed by atoms with E-state index in [1.54, 1.807) is 19.2 Å². The van der Waals surface area contributed by atoms with E-state index >= 15 is 0 Å². The number of hydrogen-bond acceptors (Lipinski definition) is 6. The number of aliphatic hydroxyl groups is 1. The van der Waals surface area contributed by atoms with Crippen LogP contribution in [0.4, 0.5) is 24.2 Å². The molecule has 0 saturated heterocycles. The van der Waals surface area contributed by atoms with Crippen molar-refractivity contribution < 1.29 is 33.0 Å². The van der Waals surface area contributed by atoms with Gasteiger partial charge in [0.2, 0.25) is 5.91 Å². The van der Waals surface area contributed by atoms with Crippen LogP contribution in [0.1, 0.15) is 24.8 Å². The van der Waals surface area contributed by atoms with Crippen LogP contribution in [0.15, 0.2) is 48.7 Å². The van der Waals surface area contributed by atoms with Crippen LogP contribution in [0.3, 0.4) is 0 Å². The van der Waals surface area contributed by atoms with E-state index in [0.717, 1.165) is 0 Å². The zero-order valence-corrected chi connectivity index (χ0v) is 23.2. The maximum absolute atomic E-state index is 13.8. The largest absolute Gasteiger partial charge is 0.447 e. The quantitative estimate of drug-likeness (QED) is 0.220. The Morgan fingerprint density at radius 2 is 1.88 bits per heavy atom. The molecule has 0 bridgehead atoms. The molecule has 3 aromatic rings. The molecule has 0 aliphatic heterocycles. The van der Waals surface area contributed by atoms with Crippen molar-refractivity contribution in [2.45, 2.75) is 31.7 Å². The number of anilines is 1.